The zero-order chi connectivity index (χ0) is 33.3. The van der Waals surface area contributed by atoms with Gasteiger partial charge in [0.05, 0.1) is 16.8 Å². The van der Waals surface area contributed by atoms with Gasteiger partial charge in [-0.25, -0.2) is 0 Å². The number of hydrogen-bond donors (Lipinski definition) is 0. The Morgan fingerprint density at radius 1 is 0.380 bits per heavy atom. The highest BCUT2D eigenvalue weighted by molar-refractivity contribution is 6.11. The number of nitrogens with zero attached hydrogens (tertiary/aromatic N) is 1. The van der Waals surface area contributed by atoms with Crippen molar-refractivity contribution in [1.82, 2.24) is 0 Å². The SMILES string of the molecule is C1=C(c2ccccc2)C2=C(N=C(c3ccc(-c4ccc(-c5ccccc5)cc4)cc3)C1)c1ccccc1C2(c1ccccc1)c1ccccc1. The first kappa shape index (κ1) is 29.8. The molecule has 0 fully saturated rings. The van der Waals surface area contributed by atoms with Gasteiger partial charge in [0.1, 0.15) is 0 Å². The lowest BCUT2D eigenvalue weighted by molar-refractivity contribution is 0.765. The summed E-state index contributed by atoms with van der Waals surface area (Å²) < 4.78 is 0. The molecule has 0 spiro atoms. The van der Waals surface area contributed by atoms with Crippen molar-refractivity contribution in [3.05, 3.63) is 239 Å². The van der Waals surface area contributed by atoms with Crippen LogP contribution in [0.1, 0.15) is 39.8 Å². The molecule has 0 unspecified atom stereocenters. The fourth-order valence-corrected chi connectivity index (χ4v) is 7.94. The molecular formula is C49H35N. The average molecular weight is 638 g/mol. The molecule has 1 heteroatoms. The third-order valence-corrected chi connectivity index (χ3v) is 10.3. The van der Waals surface area contributed by atoms with Gasteiger partial charge >= 0.3 is 0 Å². The molecular weight excluding hydrogens is 603 g/mol. The normalized spacial score (nSPS) is 14.6. The van der Waals surface area contributed by atoms with Crippen LogP contribution in [0, 0.1) is 0 Å². The molecule has 0 amide bonds. The first-order chi connectivity index (χ1) is 24.8. The van der Waals surface area contributed by atoms with Crippen molar-refractivity contribution < 1.29 is 0 Å². The van der Waals surface area contributed by atoms with Crippen molar-refractivity contribution in [2.45, 2.75) is 11.8 Å². The van der Waals surface area contributed by atoms with Crippen molar-refractivity contribution in [1.29, 1.82) is 0 Å². The third-order valence-electron chi connectivity index (χ3n) is 10.3. The fourth-order valence-electron chi connectivity index (χ4n) is 7.94. The predicted molar refractivity (Wildman–Crippen MR) is 209 cm³/mol. The molecule has 1 aliphatic carbocycles. The molecule has 7 aromatic carbocycles. The van der Waals surface area contributed by atoms with Crippen LogP contribution in [0.3, 0.4) is 0 Å². The average Bonchev–Trinajstić information content (AvgIpc) is 3.34. The number of fused-ring (bicyclic) bond motifs is 2. The number of aliphatic imine (C=N–C) groups is 1. The zero-order valence-corrected chi connectivity index (χ0v) is 27.7. The summed E-state index contributed by atoms with van der Waals surface area (Å²) in [5.74, 6) is 0. The zero-order valence-electron chi connectivity index (χ0n) is 27.7. The van der Waals surface area contributed by atoms with Crippen molar-refractivity contribution in [3.8, 4) is 22.3 Å². The first-order valence-electron chi connectivity index (χ1n) is 17.4. The number of benzene rings is 7. The summed E-state index contributed by atoms with van der Waals surface area (Å²) in [5, 5.41) is 0. The summed E-state index contributed by atoms with van der Waals surface area (Å²) in [6.07, 6.45) is 3.14. The number of hydrogen-bond acceptors (Lipinski definition) is 1. The van der Waals surface area contributed by atoms with Gasteiger partial charge in [0.25, 0.3) is 0 Å². The van der Waals surface area contributed by atoms with Crippen LogP contribution in [0.2, 0.25) is 0 Å². The molecule has 0 saturated heterocycles. The largest absolute Gasteiger partial charge is 0.251 e. The molecule has 1 aliphatic heterocycles. The molecule has 0 radical (unpaired) electrons. The molecule has 0 N–H and O–H groups in total. The Morgan fingerprint density at radius 2 is 0.800 bits per heavy atom. The summed E-state index contributed by atoms with van der Waals surface area (Å²) in [6.45, 7) is 0. The maximum absolute atomic E-state index is 5.66. The van der Waals surface area contributed by atoms with E-state index >= 15 is 0 Å². The highest BCUT2D eigenvalue weighted by Crippen LogP contribution is 2.59. The van der Waals surface area contributed by atoms with Crippen molar-refractivity contribution in [2.75, 3.05) is 0 Å². The minimum atomic E-state index is -0.537. The highest BCUT2D eigenvalue weighted by Gasteiger charge is 2.49. The van der Waals surface area contributed by atoms with Gasteiger partial charge in [-0.05, 0) is 55.6 Å². The molecule has 7 aromatic rings. The molecule has 1 nitrogen and oxygen atoms in total. The van der Waals surface area contributed by atoms with Crippen molar-refractivity contribution in [2.24, 2.45) is 4.99 Å². The first-order valence-corrected chi connectivity index (χ1v) is 17.4. The van der Waals surface area contributed by atoms with E-state index < -0.39 is 5.41 Å². The second-order valence-electron chi connectivity index (χ2n) is 13.0. The Kier molecular flexibility index (Phi) is 7.52. The second-order valence-corrected chi connectivity index (χ2v) is 13.0. The molecule has 1 heterocycles. The minimum absolute atomic E-state index is 0.537. The van der Waals surface area contributed by atoms with E-state index in [1.54, 1.807) is 0 Å². The van der Waals surface area contributed by atoms with E-state index in [-0.39, 0.29) is 0 Å². The lowest BCUT2D eigenvalue weighted by atomic mass is 9.64. The third kappa shape index (κ3) is 4.98. The van der Waals surface area contributed by atoms with E-state index in [0.29, 0.717) is 0 Å². The maximum Gasteiger partial charge on any atom is 0.0763 e. The minimum Gasteiger partial charge on any atom is -0.251 e. The van der Waals surface area contributed by atoms with Gasteiger partial charge in [0.15, 0.2) is 0 Å². The number of allylic oxidation sites excluding steroid dienone is 3. The molecule has 0 saturated carbocycles. The summed E-state index contributed by atoms with van der Waals surface area (Å²) in [5.41, 5.74) is 16.2. The van der Waals surface area contributed by atoms with Gasteiger partial charge in [-0.2, -0.15) is 0 Å². The van der Waals surface area contributed by atoms with Crippen LogP contribution in [0.25, 0.3) is 33.5 Å². The lowest BCUT2D eigenvalue weighted by Gasteiger charge is -2.36. The van der Waals surface area contributed by atoms with Crippen LogP contribution in [0.5, 0.6) is 0 Å². The predicted octanol–water partition coefficient (Wildman–Crippen LogP) is 12.1. The Morgan fingerprint density at radius 3 is 1.34 bits per heavy atom. The summed E-state index contributed by atoms with van der Waals surface area (Å²) in [6, 6.07) is 70.1. The molecule has 0 bridgehead atoms. The Hall–Kier alpha value is -6.31. The van der Waals surface area contributed by atoms with Crippen LogP contribution < -0.4 is 0 Å². The molecule has 50 heavy (non-hydrogen) atoms. The van der Waals surface area contributed by atoms with E-state index in [4.69, 9.17) is 4.99 Å². The van der Waals surface area contributed by atoms with E-state index in [0.717, 1.165) is 23.4 Å². The van der Waals surface area contributed by atoms with E-state index in [1.165, 1.54) is 61.2 Å². The van der Waals surface area contributed by atoms with Gasteiger partial charge in [-0.3, -0.25) is 4.99 Å². The van der Waals surface area contributed by atoms with Crippen molar-refractivity contribution >= 4 is 17.0 Å². The van der Waals surface area contributed by atoms with Gasteiger partial charge in [0.2, 0.25) is 0 Å². The highest BCUT2D eigenvalue weighted by atomic mass is 14.8. The van der Waals surface area contributed by atoms with Crippen molar-refractivity contribution in [3.63, 3.8) is 0 Å². The van der Waals surface area contributed by atoms with E-state index in [9.17, 15) is 0 Å². The molecule has 0 aromatic heterocycles. The lowest BCUT2D eigenvalue weighted by Crippen LogP contribution is -2.30. The van der Waals surface area contributed by atoms with Gasteiger partial charge in [-0.1, -0.05) is 200 Å². The van der Waals surface area contributed by atoms with Crippen LogP contribution in [-0.4, -0.2) is 5.71 Å². The van der Waals surface area contributed by atoms with Crippen LogP contribution in [0.4, 0.5) is 0 Å². The van der Waals surface area contributed by atoms with E-state index in [2.05, 4.69) is 200 Å². The maximum atomic E-state index is 5.66. The van der Waals surface area contributed by atoms with Gasteiger partial charge in [-0.15, -0.1) is 0 Å². The Labute approximate surface area is 294 Å². The molecule has 9 rings (SSSR count). The summed E-state index contributed by atoms with van der Waals surface area (Å²) in [4.78, 5) is 5.66. The smallest absolute Gasteiger partial charge is 0.0763 e. The van der Waals surface area contributed by atoms with E-state index in [1.807, 2.05) is 0 Å². The topological polar surface area (TPSA) is 12.4 Å². The molecule has 0 atom stereocenters. The summed E-state index contributed by atoms with van der Waals surface area (Å²) >= 11 is 0. The van der Waals surface area contributed by atoms with Crippen LogP contribution in [0.15, 0.2) is 211 Å². The summed E-state index contributed by atoms with van der Waals surface area (Å²) in [7, 11) is 0. The van der Waals surface area contributed by atoms with Gasteiger partial charge < -0.3 is 0 Å². The monoisotopic (exact) mass is 637 g/mol. The quantitative estimate of drug-likeness (QED) is 0.172. The molecule has 236 valence electrons. The van der Waals surface area contributed by atoms with Crippen LogP contribution in [-0.2, 0) is 5.41 Å². The van der Waals surface area contributed by atoms with Crippen LogP contribution >= 0.6 is 0 Å². The fraction of sp³-hybridized carbons (Fsp3) is 0.0408. The second kappa shape index (κ2) is 12.6. The van der Waals surface area contributed by atoms with Gasteiger partial charge in [0, 0.05) is 17.6 Å². The number of rotatable bonds is 6. The Bertz CT molecular complexity index is 2340. The molecule has 2 aliphatic rings. The standard InChI is InChI=1S/C49H35N/c1-5-15-35(16-6-1)36-25-27-37(28-26-36)38-29-31-40(32-30-38)46-34-33-43(39-17-7-2-8-18-39)47-48(50-46)44-23-13-14-24-45(44)49(47,41-19-9-3-10-20-41)42-21-11-4-12-22-42/h1-33H,34H2. The Balaban J connectivity index is 1.21.